The van der Waals surface area contributed by atoms with Crippen molar-refractivity contribution in [2.24, 2.45) is 0 Å². The van der Waals surface area contributed by atoms with E-state index in [0.29, 0.717) is 17.4 Å². The minimum Gasteiger partial charge on any atom is -0.756 e. The van der Waals surface area contributed by atoms with Gasteiger partial charge in [0.25, 0.3) is 7.82 Å². The molecule has 0 rings (SSSR count). The van der Waals surface area contributed by atoms with E-state index in [9.17, 15) is 19.4 Å². The van der Waals surface area contributed by atoms with Crippen LogP contribution in [0.25, 0.3) is 0 Å². The molecule has 3 unspecified atom stereocenters. The van der Waals surface area contributed by atoms with Crippen molar-refractivity contribution in [3.63, 3.8) is 0 Å². The van der Waals surface area contributed by atoms with Crippen molar-refractivity contribution < 1.29 is 32.9 Å². The molecule has 0 saturated carbocycles. The van der Waals surface area contributed by atoms with E-state index in [4.69, 9.17) is 9.05 Å². The molecule has 0 spiro atoms. The van der Waals surface area contributed by atoms with Crippen LogP contribution in [-0.4, -0.2) is 68.5 Å². The van der Waals surface area contributed by atoms with Gasteiger partial charge in [0.15, 0.2) is 0 Å². The Morgan fingerprint density at radius 3 is 1.19 bits per heavy atom. The van der Waals surface area contributed by atoms with Gasteiger partial charge >= 0.3 is 0 Å². The molecule has 0 heterocycles. The quantitative estimate of drug-likeness (QED) is 0.0272. The number of allylic oxidation sites excluding steroid dienone is 17. The Balaban J connectivity index is 4.22. The summed E-state index contributed by atoms with van der Waals surface area (Å²) in [5.41, 5.74) is 0. The van der Waals surface area contributed by atoms with Gasteiger partial charge in [0.2, 0.25) is 5.91 Å². The summed E-state index contributed by atoms with van der Waals surface area (Å²) in [5, 5.41) is 13.9. The highest BCUT2D eigenvalue weighted by atomic mass is 31.2. The van der Waals surface area contributed by atoms with Crippen LogP contribution in [0.5, 0.6) is 0 Å². The van der Waals surface area contributed by atoms with E-state index in [1.54, 1.807) is 6.08 Å². The zero-order chi connectivity index (χ0) is 57.0. The van der Waals surface area contributed by atoms with E-state index in [1.807, 2.05) is 27.2 Å². The number of phosphoric ester groups is 1. The molecule has 1 amide bonds. The predicted octanol–water partition coefficient (Wildman–Crippen LogP) is 19.7. The summed E-state index contributed by atoms with van der Waals surface area (Å²) < 4.78 is 23.4. The molecule has 0 saturated heterocycles. The van der Waals surface area contributed by atoms with Crippen molar-refractivity contribution in [2.45, 2.75) is 283 Å². The van der Waals surface area contributed by atoms with E-state index < -0.39 is 26.6 Å². The van der Waals surface area contributed by atoms with Gasteiger partial charge in [-0.15, -0.1) is 0 Å². The number of likely N-dealkylation sites (N-methyl/N-ethyl adjacent to an activating group) is 1. The van der Waals surface area contributed by atoms with E-state index in [1.165, 1.54) is 167 Å². The number of nitrogens with one attached hydrogen (secondary N) is 1. The highest BCUT2D eigenvalue weighted by Gasteiger charge is 2.23. The van der Waals surface area contributed by atoms with Crippen molar-refractivity contribution in [2.75, 3.05) is 40.9 Å². The minimum atomic E-state index is -4.62. The van der Waals surface area contributed by atoms with Crippen molar-refractivity contribution in [3.8, 4) is 0 Å². The van der Waals surface area contributed by atoms with Crippen LogP contribution in [-0.2, 0) is 18.4 Å². The number of unbranched alkanes of at least 4 members (excludes halogenated alkanes) is 29. The first kappa shape index (κ1) is 75.2. The monoisotopic (exact) mass is 1110 g/mol. The van der Waals surface area contributed by atoms with Gasteiger partial charge in [-0.3, -0.25) is 9.36 Å². The maximum atomic E-state index is 13.0. The van der Waals surface area contributed by atoms with Crippen LogP contribution in [0.15, 0.2) is 109 Å². The molecule has 0 aliphatic heterocycles. The van der Waals surface area contributed by atoms with Gasteiger partial charge in [0, 0.05) is 6.42 Å². The smallest absolute Gasteiger partial charge is 0.268 e. The molecular weight excluding hydrogens is 984 g/mol. The minimum absolute atomic E-state index is 0.0139. The molecule has 78 heavy (non-hydrogen) atoms. The molecule has 0 aromatic carbocycles. The number of hydrogen-bond donors (Lipinski definition) is 2. The molecule has 8 nitrogen and oxygen atoms in total. The van der Waals surface area contributed by atoms with Crippen molar-refractivity contribution >= 4 is 13.7 Å². The van der Waals surface area contributed by atoms with E-state index in [2.05, 4.69) is 116 Å². The van der Waals surface area contributed by atoms with Gasteiger partial charge in [-0.25, -0.2) is 0 Å². The third-order valence-electron chi connectivity index (χ3n) is 13.9. The van der Waals surface area contributed by atoms with Gasteiger partial charge < -0.3 is 28.8 Å². The van der Waals surface area contributed by atoms with E-state index in [0.717, 1.165) is 83.5 Å². The SMILES string of the molecule is CC/C=C\C/C=C\C/C=C\C/C=C\C/C=C\C/C=C\CCCCCCCCCCCCCCC(=O)NC(COP(=O)([O-])OCC[N+](C)(C)C)C(O)/C=C/CC/C=C/CC/C=C/CCCCCCCCCCCCCCCCC. The lowest BCUT2D eigenvalue weighted by molar-refractivity contribution is -0.870. The first-order chi connectivity index (χ1) is 38.0. The highest BCUT2D eigenvalue weighted by molar-refractivity contribution is 7.45. The van der Waals surface area contributed by atoms with E-state index in [-0.39, 0.29) is 12.5 Å². The first-order valence-electron chi connectivity index (χ1n) is 32.2. The van der Waals surface area contributed by atoms with Crippen LogP contribution >= 0.6 is 7.82 Å². The van der Waals surface area contributed by atoms with E-state index >= 15 is 0 Å². The largest absolute Gasteiger partial charge is 0.756 e. The van der Waals surface area contributed by atoms with Crippen molar-refractivity contribution in [1.29, 1.82) is 0 Å². The maximum Gasteiger partial charge on any atom is 0.268 e. The Morgan fingerprint density at radius 2 is 0.795 bits per heavy atom. The molecule has 0 bridgehead atoms. The molecule has 450 valence electrons. The topological polar surface area (TPSA) is 108 Å². The normalized spacial score (nSPS) is 14.5. The van der Waals surface area contributed by atoms with Gasteiger partial charge in [-0.05, 0) is 96.3 Å². The number of quaternary nitrogens is 1. The Morgan fingerprint density at radius 1 is 0.462 bits per heavy atom. The van der Waals surface area contributed by atoms with Gasteiger partial charge in [0.05, 0.1) is 39.9 Å². The van der Waals surface area contributed by atoms with Crippen LogP contribution in [0, 0.1) is 0 Å². The third kappa shape index (κ3) is 60.8. The Bertz CT molecular complexity index is 1640. The van der Waals surface area contributed by atoms with Gasteiger partial charge in [-0.2, -0.15) is 0 Å². The van der Waals surface area contributed by atoms with Crippen molar-refractivity contribution in [3.05, 3.63) is 109 Å². The van der Waals surface area contributed by atoms with Crippen LogP contribution in [0.1, 0.15) is 271 Å². The second-order valence-corrected chi connectivity index (χ2v) is 24.1. The second kappa shape index (κ2) is 58.8. The fourth-order valence-electron chi connectivity index (χ4n) is 8.95. The number of carbonyl (C=O) groups is 1. The van der Waals surface area contributed by atoms with Crippen molar-refractivity contribution in [1.82, 2.24) is 5.32 Å². The molecule has 3 atom stereocenters. The number of aliphatic hydroxyl groups is 1. The Labute approximate surface area is 482 Å². The molecule has 0 fully saturated rings. The standard InChI is InChI=1S/C69H123N2O6P/c1-6-8-10-12-14-16-18-20-22-24-26-28-30-32-33-34-35-36-37-39-41-43-45-47-49-51-53-55-57-59-61-63-69(73)70-67(66-77-78(74,75)76-65-64-71(3,4)5)68(72)62-60-58-56-54-52-50-48-46-44-42-40-38-31-29-27-25-23-21-19-17-15-13-11-9-7-2/h8,10,14,16,20,22,26,28,32-33,35-36,44,46,52,54,60,62,67-68,72H,6-7,9,11-13,15,17-19,21,23-25,27,29-31,34,37-43,45,47-51,53,55-59,61,63-66H2,1-5H3,(H-,70,73,74,75)/b10-8-,16-14-,22-20-,28-26-,33-32-,36-35-,46-44+,54-52+,62-60+. The number of aliphatic hydroxyl groups excluding tert-OH is 1. The fourth-order valence-corrected chi connectivity index (χ4v) is 9.68. The number of phosphoric acid groups is 1. The number of nitrogens with zero attached hydrogens (tertiary/aromatic N) is 1. The summed E-state index contributed by atoms with van der Waals surface area (Å²) >= 11 is 0. The first-order valence-corrected chi connectivity index (χ1v) is 33.7. The highest BCUT2D eigenvalue weighted by Crippen LogP contribution is 2.38. The number of carbonyl (C=O) groups excluding carboxylic acids is 1. The Hall–Kier alpha value is -2.84. The average Bonchev–Trinajstić information content (AvgIpc) is 3.41. The molecule has 9 heteroatoms. The summed E-state index contributed by atoms with van der Waals surface area (Å²) in [6.07, 6.45) is 86.2. The van der Waals surface area contributed by atoms with Crippen LogP contribution in [0.2, 0.25) is 0 Å². The molecule has 2 N–H and O–H groups in total. The summed E-state index contributed by atoms with van der Waals surface area (Å²) in [7, 11) is 1.23. The molecule has 0 aliphatic rings. The molecule has 0 aliphatic carbocycles. The summed E-state index contributed by atoms with van der Waals surface area (Å²) in [4.78, 5) is 25.6. The lowest BCUT2D eigenvalue weighted by Crippen LogP contribution is -2.45. The second-order valence-electron chi connectivity index (χ2n) is 22.7. The molecule has 0 aromatic heterocycles. The lowest BCUT2D eigenvalue weighted by Gasteiger charge is -2.29. The predicted molar refractivity (Wildman–Crippen MR) is 339 cm³/mol. The molecule has 0 aromatic rings. The molecule has 0 radical (unpaired) electrons. The zero-order valence-corrected chi connectivity index (χ0v) is 52.2. The number of rotatable bonds is 58. The average molecular weight is 1110 g/mol. The number of hydrogen-bond acceptors (Lipinski definition) is 6. The van der Waals surface area contributed by atoms with Gasteiger partial charge in [0.1, 0.15) is 13.2 Å². The molecular formula is C69H123N2O6P. The Kier molecular flexibility index (Phi) is 56.7. The number of amides is 1. The maximum absolute atomic E-state index is 13.0. The van der Waals surface area contributed by atoms with Crippen LogP contribution in [0.3, 0.4) is 0 Å². The lowest BCUT2D eigenvalue weighted by atomic mass is 10.0. The van der Waals surface area contributed by atoms with Gasteiger partial charge in [-0.1, -0.05) is 277 Å². The summed E-state index contributed by atoms with van der Waals surface area (Å²) in [5.74, 6) is -0.216. The zero-order valence-electron chi connectivity index (χ0n) is 51.3. The van der Waals surface area contributed by atoms with Crippen LogP contribution in [0.4, 0.5) is 0 Å². The van der Waals surface area contributed by atoms with Crippen LogP contribution < -0.4 is 10.2 Å². The summed E-state index contributed by atoms with van der Waals surface area (Å²) in [6, 6.07) is -0.919. The fraction of sp³-hybridized carbons (Fsp3) is 0.725. The third-order valence-corrected chi connectivity index (χ3v) is 14.9. The summed E-state index contributed by atoms with van der Waals surface area (Å²) in [6.45, 7) is 4.52.